The summed E-state index contributed by atoms with van der Waals surface area (Å²) in [6, 6.07) is 0. The summed E-state index contributed by atoms with van der Waals surface area (Å²) in [5.74, 6) is 5.19. The van der Waals surface area contributed by atoms with Crippen molar-refractivity contribution in [1.29, 1.82) is 0 Å². The van der Waals surface area contributed by atoms with Crippen LogP contribution in [-0.2, 0) is 14.3 Å². The van der Waals surface area contributed by atoms with Crippen LogP contribution >= 0.6 is 0 Å². The van der Waals surface area contributed by atoms with Crippen LogP contribution in [0.5, 0.6) is 0 Å². The molecule has 2 N–H and O–H groups in total. The lowest BCUT2D eigenvalue weighted by Crippen LogP contribution is -2.34. The van der Waals surface area contributed by atoms with Crippen LogP contribution in [-0.4, -0.2) is 36.5 Å². The van der Waals surface area contributed by atoms with Crippen LogP contribution in [0.1, 0.15) is 13.8 Å². The molecule has 0 spiro atoms. The third kappa shape index (κ3) is 8.89. The van der Waals surface area contributed by atoms with E-state index in [9.17, 15) is 9.59 Å². The van der Waals surface area contributed by atoms with E-state index in [0.717, 1.165) is 0 Å². The summed E-state index contributed by atoms with van der Waals surface area (Å²) < 4.78 is 4.69. The van der Waals surface area contributed by atoms with Gasteiger partial charge < -0.3 is 4.74 Å². The third-order valence-corrected chi connectivity index (χ3v) is 1.38. The molecule has 0 aromatic rings. The van der Waals surface area contributed by atoms with Crippen LogP contribution < -0.4 is 5.84 Å². The Kier molecular flexibility index (Phi) is 6.61. The minimum Gasteiger partial charge on any atom is -0.464 e. The molecule has 5 nitrogen and oxygen atoms in total. The van der Waals surface area contributed by atoms with E-state index in [-0.39, 0.29) is 18.4 Å². The van der Waals surface area contributed by atoms with E-state index in [1.165, 1.54) is 24.9 Å². The van der Waals surface area contributed by atoms with Gasteiger partial charge in [0.15, 0.2) is 5.78 Å². The number of carbonyl (C=O) groups excluding carboxylic acids is 2. The normalized spacial score (nSPS) is 10.9. The Morgan fingerprint density at radius 2 is 2.07 bits per heavy atom. The molecule has 80 valence electrons. The Balaban J connectivity index is 3.50. The van der Waals surface area contributed by atoms with E-state index in [2.05, 4.69) is 4.74 Å². The molecule has 0 aromatic heterocycles. The molecular weight excluding hydrogens is 184 g/mol. The number of nitrogens with zero attached hydrogens (tertiary/aromatic N) is 1. The van der Waals surface area contributed by atoms with Gasteiger partial charge in [0.2, 0.25) is 0 Å². The standard InChI is InChI=1S/C9H16N2O3/c1-8(12)4-3-5-11(10)6-7-14-9(2)13/h3-4H,5-7,10H2,1-2H3/b4-3+. The monoisotopic (exact) mass is 200 g/mol. The number of carbonyl (C=O) groups is 2. The van der Waals surface area contributed by atoms with Gasteiger partial charge in [-0.3, -0.25) is 15.4 Å². The Labute approximate surface area is 83.5 Å². The number of ketones is 1. The van der Waals surface area contributed by atoms with Crippen molar-refractivity contribution in [2.24, 2.45) is 5.84 Å². The van der Waals surface area contributed by atoms with Crippen molar-refractivity contribution in [3.05, 3.63) is 12.2 Å². The Hall–Kier alpha value is -1.20. The van der Waals surface area contributed by atoms with Crippen molar-refractivity contribution in [3.8, 4) is 0 Å². The van der Waals surface area contributed by atoms with Crippen LogP contribution in [0, 0.1) is 0 Å². The lowest BCUT2D eigenvalue weighted by molar-refractivity contribution is -0.141. The maximum atomic E-state index is 10.5. The molecule has 0 fully saturated rings. The van der Waals surface area contributed by atoms with Gasteiger partial charge in [-0.1, -0.05) is 6.08 Å². The fraction of sp³-hybridized carbons (Fsp3) is 0.556. The van der Waals surface area contributed by atoms with Crippen LogP contribution in [0.4, 0.5) is 0 Å². The van der Waals surface area contributed by atoms with Crippen molar-refractivity contribution in [2.75, 3.05) is 19.7 Å². The molecule has 0 aliphatic carbocycles. The minimum atomic E-state index is -0.322. The first-order valence-corrected chi connectivity index (χ1v) is 4.32. The van der Waals surface area contributed by atoms with Crippen molar-refractivity contribution in [2.45, 2.75) is 13.8 Å². The second kappa shape index (κ2) is 7.23. The summed E-state index contributed by atoms with van der Waals surface area (Å²) >= 11 is 0. The molecule has 0 rings (SSSR count). The highest BCUT2D eigenvalue weighted by Crippen LogP contribution is 1.83. The predicted molar refractivity (Wildman–Crippen MR) is 52.2 cm³/mol. The zero-order valence-corrected chi connectivity index (χ0v) is 8.53. The van der Waals surface area contributed by atoms with E-state index >= 15 is 0 Å². The zero-order valence-electron chi connectivity index (χ0n) is 8.53. The van der Waals surface area contributed by atoms with Gasteiger partial charge in [0.1, 0.15) is 6.61 Å². The van der Waals surface area contributed by atoms with Crippen molar-refractivity contribution < 1.29 is 14.3 Å². The number of hydrogen-bond acceptors (Lipinski definition) is 5. The van der Waals surface area contributed by atoms with Gasteiger partial charge in [-0.2, -0.15) is 0 Å². The van der Waals surface area contributed by atoms with E-state index in [0.29, 0.717) is 13.1 Å². The number of allylic oxidation sites excluding steroid dienone is 1. The van der Waals surface area contributed by atoms with E-state index < -0.39 is 0 Å². The summed E-state index contributed by atoms with van der Waals surface area (Å²) in [7, 11) is 0. The SMILES string of the molecule is CC(=O)/C=C/CN(N)CCOC(C)=O. The molecule has 0 heterocycles. The quantitative estimate of drug-likeness (QED) is 0.280. The zero-order chi connectivity index (χ0) is 11.0. The van der Waals surface area contributed by atoms with Crippen LogP contribution in [0.2, 0.25) is 0 Å². The predicted octanol–water partition coefficient (Wildman–Crippen LogP) is -0.130. The molecule has 0 radical (unpaired) electrons. The van der Waals surface area contributed by atoms with Gasteiger partial charge in [0, 0.05) is 20.0 Å². The summed E-state index contributed by atoms with van der Waals surface area (Å²) in [6.07, 6.45) is 3.11. The lowest BCUT2D eigenvalue weighted by atomic mass is 10.4. The molecule has 0 unspecified atom stereocenters. The van der Waals surface area contributed by atoms with Gasteiger partial charge in [-0.05, 0) is 13.0 Å². The summed E-state index contributed by atoms with van der Waals surface area (Å²) in [5, 5.41) is 1.46. The number of ether oxygens (including phenoxy) is 1. The van der Waals surface area contributed by atoms with Crippen LogP contribution in [0.3, 0.4) is 0 Å². The average Bonchev–Trinajstić information content (AvgIpc) is 2.02. The molecule has 0 amide bonds. The number of hydrazine groups is 1. The fourth-order valence-corrected chi connectivity index (χ4v) is 0.752. The number of hydrogen-bond donors (Lipinski definition) is 1. The molecule has 0 aliphatic rings. The first kappa shape index (κ1) is 12.8. The maximum absolute atomic E-state index is 10.5. The molecular formula is C9H16N2O3. The molecule has 5 heteroatoms. The highest BCUT2D eigenvalue weighted by molar-refractivity contribution is 5.87. The van der Waals surface area contributed by atoms with E-state index in [4.69, 9.17) is 5.84 Å². The molecule has 0 saturated carbocycles. The highest BCUT2D eigenvalue weighted by Gasteiger charge is 1.97. The fourth-order valence-electron chi connectivity index (χ4n) is 0.752. The first-order valence-electron chi connectivity index (χ1n) is 4.32. The van der Waals surface area contributed by atoms with E-state index in [1.807, 2.05) is 0 Å². The van der Waals surface area contributed by atoms with E-state index in [1.54, 1.807) is 6.08 Å². The summed E-state index contributed by atoms with van der Waals surface area (Å²) in [4.78, 5) is 20.9. The lowest BCUT2D eigenvalue weighted by Gasteiger charge is -2.12. The van der Waals surface area contributed by atoms with Gasteiger partial charge in [0.25, 0.3) is 0 Å². The van der Waals surface area contributed by atoms with Crippen LogP contribution in [0.25, 0.3) is 0 Å². The maximum Gasteiger partial charge on any atom is 0.302 e. The van der Waals surface area contributed by atoms with Gasteiger partial charge >= 0.3 is 5.97 Å². The largest absolute Gasteiger partial charge is 0.464 e. The average molecular weight is 200 g/mol. The molecule has 0 bridgehead atoms. The molecule has 0 aromatic carbocycles. The number of rotatable bonds is 6. The third-order valence-electron chi connectivity index (χ3n) is 1.38. The Bertz CT molecular complexity index is 226. The van der Waals surface area contributed by atoms with Crippen molar-refractivity contribution in [1.82, 2.24) is 5.01 Å². The summed E-state index contributed by atoms with van der Waals surface area (Å²) in [6.45, 7) is 3.98. The van der Waals surface area contributed by atoms with Crippen molar-refractivity contribution >= 4 is 11.8 Å². The molecule has 0 atom stereocenters. The topological polar surface area (TPSA) is 72.6 Å². The second-order valence-electron chi connectivity index (χ2n) is 2.85. The molecule has 0 aliphatic heterocycles. The van der Waals surface area contributed by atoms with Gasteiger partial charge in [-0.15, -0.1) is 0 Å². The Morgan fingerprint density at radius 1 is 1.43 bits per heavy atom. The second-order valence-corrected chi connectivity index (χ2v) is 2.85. The highest BCUT2D eigenvalue weighted by atomic mass is 16.5. The van der Waals surface area contributed by atoms with Gasteiger partial charge in [0.05, 0.1) is 0 Å². The van der Waals surface area contributed by atoms with Gasteiger partial charge in [-0.25, -0.2) is 5.01 Å². The molecule has 14 heavy (non-hydrogen) atoms. The smallest absolute Gasteiger partial charge is 0.302 e. The summed E-state index contributed by atoms with van der Waals surface area (Å²) in [5.41, 5.74) is 0. The first-order chi connectivity index (χ1) is 6.52. The number of esters is 1. The number of nitrogens with two attached hydrogens (primary N) is 1. The Morgan fingerprint density at radius 3 is 2.57 bits per heavy atom. The molecule has 0 saturated heterocycles. The van der Waals surface area contributed by atoms with Crippen LogP contribution in [0.15, 0.2) is 12.2 Å². The minimum absolute atomic E-state index is 0.0154. The van der Waals surface area contributed by atoms with Crippen molar-refractivity contribution in [3.63, 3.8) is 0 Å².